The van der Waals surface area contributed by atoms with Gasteiger partial charge in [0.15, 0.2) is 6.10 Å². The number of urea groups is 1. The summed E-state index contributed by atoms with van der Waals surface area (Å²) in [7, 11) is 0. The van der Waals surface area contributed by atoms with Crippen molar-refractivity contribution in [3.8, 4) is 0 Å². The average Bonchev–Trinajstić information content (AvgIpc) is 2.37. The van der Waals surface area contributed by atoms with Crippen LogP contribution in [-0.4, -0.2) is 39.8 Å². The molecule has 98 valence electrons. The molecule has 7 heteroatoms. The zero-order chi connectivity index (χ0) is 13.4. The van der Waals surface area contributed by atoms with Crippen LogP contribution in [0.25, 0.3) is 0 Å². The molecule has 0 unspecified atom stereocenters. The predicted octanol–water partition coefficient (Wildman–Crippen LogP) is -0.284. The molecule has 0 radical (unpaired) electrons. The van der Waals surface area contributed by atoms with Crippen molar-refractivity contribution in [1.29, 1.82) is 0 Å². The van der Waals surface area contributed by atoms with Crippen LogP contribution in [0.4, 0.5) is 4.79 Å². The van der Waals surface area contributed by atoms with Gasteiger partial charge in [0, 0.05) is 31.9 Å². The van der Waals surface area contributed by atoms with E-state index in [9.17, 15) is 9.59 Å². The molecule has 1 heterocycles. The Morgan fingerprint density at radius 1 is 1.39 bits per heavy atom. The third-order valence-electron chi connectivity index (χ3n) is 2.16. The molecule has 0 saturated heterocycles. The van der Waals surface area contributed by atoms with Gasteiger partial charge in [0.25, 0.3) is 0 Å². The molecule has 0 aliphatic rings. The van der Waals surface area contributed by atoms with Gasteiger partial charge in [-0.2, -0.15) is 0 Å². The Morgan fingerprint density at radius 2 is 2.17 bits per heavy atom. The van der Waals surface area contributed by atoms with Crippen molar-refractivity contribution in [2.24, 2.45) is 0 Å². The molecule has 0 aliphatic heterocycles. The lowest BCUT2D eigenvalue weighted by Gasteiger charge is -2.08. The number of hydrogen-bond acceptors (Lipinski definition) is 4. The second-order valence-electron chi connectivity index (χ2n) is 3.61. The van der Waals surface area contributed by atoms with Crippen molar-refractivity contribution < 1.29 is 19.8 Å². The first-order valence-corrected chi connectivity index (χ1v) is 5.41. The van der Waals surface area contributed by atoms with E-state index in [1.54, 1.807) is 18.5 Å². The molecule has 0 spiro atoms. The molecule has 0 aromatic carbocycles. The summed E-state index contributed by atoms with van der Waals surface area (Å²) in [6.45, 7) is 0.424. The molecule has 0 saturated carbocycles. The fraction of sp³-hybridized carbons (Fsp3) is 0.364. The third-order valence-corrected chi connectivity index (χ3v) is 2.16. The summed E-state index contributed by atoms with van der Waals surface area (Å²) >= 11 is 0. The van der Waals surface area contributed by atoms with Crippen molar-refractivity contribution in [2.75, 3.05) is 6.54 Å². The minimum atomic E-state index is -1.45. The van der Waals surface area contributed by atoms with Crippen LogP contribution < -0.4 is 10.6 Å². The summed E-state index contributed by atoms with van der Waals surface area (Å²) in [5, 5.41) is 22.4. The number of carboxylic acids is 1. The SMILES string of the molecule is O=C(NCC[C@H](O)C(=O)O)NCc1cccnc1. The van der Waals surface area contributed by atoms with E-state index >= 15 is 0 Å². The minimum Gasteiger partial charge on any atom is -0.479 e. The van der Waals surface area contributed by atoms with Crippen LogP contribution in [0.5, 0.6) is 0 Å². The molecular formula is C11H15N3O4. The predicted molar refractivity (Wildman–Crippen MR) is 62.7 cm³/mol. The molecule has 1 rings (SSSR count). The van der Waals surface area contributed by atoms with Gasteiger partial charge < -0.3 is 20.8 Å². The van der Waals surface area contributed by atoms with Gasteiger partial charge in [-0.05, 0) is 11.6 Å². The van der Waals surface area contributed by atoms with Gasteiger partial charge in [0.1, 0.15) is 0 Å². The van der Waals surface area contributed by atoms with Gasteiger partial charge in [-0.1, -0.05) is 6.07 Å². The number of rotatable bonds is 6. The third kappa shape index (κ3) is 5.26. The zero-order valence-corrected chi connectivity index (χ0v) is 9.67. The van der Waals surface area contributed by atoms with Gasteiger partial charge in [-0.15, -0.1) is 0 Å². The van der Waals surface area contributed by atoms with E-state index < -0.39 is 18.1 Å². The number of hydrogen-bond donors (Lipinski definition) is 4. The van der Waals surface area contributed by atoms with E-state index in [1.807, 2.05) is 6.07 Å². The van der Waals surface area contributed by atoms with Gasteiger partial charge in [-0.25, -0.2) is 9.59 Å². The number of aliphatic hydroxyl groups is 1. The summed E-state index contributed by atoms with van der Waals surface area (Å²) in [4.78, 5) is 25.5. The Bertz CT molecular complexity index is 397. The lowest BCUT2D eigenvalue weighted by atomic mass is 10.2. The number of aliphatic carboxylic acids is 1. The average molecular weight is 253 g/mol. The highest BCUT2D eigenvalue weighted by atomic mass is 16.4. The molecular weight excluding hydrogens is 238 g/mol. The molecule has 1 atom stereocenters. The number of amides is 2. The van der Waals surface area contributed by atoms with Crippen molar-refractivity contribution >= 4 is 12.0 Å². The molecule has 18 heavy (non-hydrogen) atoms. The first-order valence-electron chi connectivity index (χ1n) is 5.41. The van der Waals surface area contributed by atoms with Crippen LogP contribution in [0.15, 0.2) is 24.5 Å². The highest BCUT2D eigenvalue weighted by molar-refractivity contribution is 5.74. The molecule has 1 aromatic heterocycles. The largest absolute Gasteiger partial charge is 0.479 e. The number of pyridine rings is 1. The number of aromatic nitrogens is 1. The van der Waals surface area contributed by atoms with E-state index in [-0.39, 0.29) is 13.0 Å². The van der Waals surface area contributed by atoms with Gasteiger partial charge >= 0.3 is 12.0 Å². The zero-order valence-electron chi connectivity index (χ0n) is 9.67. The first-order chi connectivity index (χ1) is 8.59. The summed E-state index contributed by atoms with van der Waals surface area (Å²) in [5.74, 6) is -1.30. The van der Waals surface area contributed by atoms with E-state index in [2.05, 4.69) is 15.6 Å². The molecule has 0 bridgehead atoms. The fourth-order valence-electron chi connectivity index (χ4n) is 1.19. The summed E-state index contributed by atoms with van der Waals surface area (Å²) in [5.41, 5.74) is 0.859. The topological polar surface area (TPSA) is 112 Å². The van der Waals surface area contributed by atoms with Gasteiger partial charge in [0.05, 0.1) is 0 Å². The van der Waals surface area contributed by atoms with E-state index in [1.165, 1.54) is 0 Å². The minimum absolute atomic E-state index is 0.0321. The van der Waals surface area contributed by atoms with E-state index in [0.717, 1.165) is 5.56 Å². The maximum Gasteiger partial charge on any atom is 0.332 e. The molecule has 0 aliphatic carbocycles. The standard InChI is InChI=1S/C11H15N3O4/c15-9(10(16)17)3-5-13-11(18)14-7-8-2-1-4-12-6-8/h1-2,4,6,9,15H,3,5,7H2,(H,16,17)(H2,13,14,18)/t9-/m0/s1. The van der Waals surface area contributed by atoms with Crippen LogP contribution in [0.1, 0.15) is 12.0 Å². The van der Waals surface area contributed by atoms with E-state index in [0.29, 0.717) is 6.54 Å². The smallest absolute Gasteiger partial charge is 0.332 e. The summed E-state index contributed by atoms with van der Waals surface area (Å²) in [6, 6.07) is 3.16. The lowest BCUT2D eigenvalue weighted by Crippen LogP contribution is -2.37. The Kier molecular flexibility index (Phi) is 5.59. The van der Waals surface area contributed by atoms with E-state index in [4.69, 9.17) is 10.2 Å². The second-order valence-corrected chi connectivity index (χ2v) is 3.61. The molecule has 0 fully saturated rings. The van der Waals surface area contributed by atoms with Crippen LogP contribution in [0.2, 0.25) is 0 Å². The molecule has 4 N–H and O–H groups in total. The van der Waals surface area contributed by atoms with Crippen molar-refractivity contribution in [3.05, 3.63) is 30.1 Å². The summed E-state index contributed by atoms with van der Waals surface area (Å²) < 4.78 is 0. The quantitative estimate of drug-likeness (QED) is 0.557. The van der Waals surface area contributed by atoms with Crippen molar-refractivity contribution in [1.82, 2.24) is 15.6 Å². The number of carbonyl (C=O) groups excluding carboxylic acids is 1. The van der Waals surface area contributed by atoms with Crippen LogP contribution >= 0.6 is 0 Å². The molecule has 7 nitrogen and oxygen atoms in total. The highest BCUT2D eigenvalue weighted by Gasteiger charge is 2.12. The number of nitrogens with one attached hydrogen (secondary N) is 2. The van der Waals surface area contributed by atoms with Crippen LogP contribution in [0, 0.1) is 0 Å². The number of aliphatic hydroxyl groups excluding tert-OH is 1. The lowest BCUT2D eigenvalue weighted by molar-refractivity contribution is -0.146. The summed E-state index contributed by atoms with van der Waals surface area (Å²) in [6.07, 6.45) is 1.78. The second kappa shape index (κ2) is 7.23. The van der Waals surface area contributed by atoms with Crippen LogP contribution in [-0.2, 0) is 11.3 Å². The van der Waals surface area contributed by atoms with Crippen molar-refractivity contribution in [3.63, 3.8) is 0 Å². The fourth-order valence-corrected chi connectivity index (χ4v) is 1.19. The maximum atomic E-state index is 11.3. The van der Waals surface area contributed by atoms with Crippen LogP contribution in [0.3, 0.4) is 0 Å². The molecule has 2 amide bonds. The normalized spacial score (nSPS) is 11.6. The number of carboxylic acid groups (broad SMARTS) is 1. The number of carbonyl (C=O) groups is 2. The number of nitrogens with zero attached hydrogens (tertiary/aromatic N) is 1. The Labute approximate surface area is 104 Å². The Balaban J connectivity index is 2.17. The Hall–Kier alpha value is -2.15. The van der Waals surface area contributed by atoms with Gasteiger partial charge in [0.2, 0.25) is 0 Å². The van der Waals surface area contributed by atoms with Crippen molar-refractivity contribution in [2.45, 2.75) is 19.1 Å². The Morgan fingerprint density at radius 3 is 2.78 bits per heavy atom. The molecule has 1 aromatic rings. The monoisotopic (exact) mass is 253 g/mol. The van der Waals surface area contributed by atoms with Gasteiger partial charge in [-0.3, -0.25) is 4.98 Å². The maximum absolute atomic E-state index is 11.3. The highest BCUT2D eigenvalue weighted by Crippen LogP contribution is 1.94. The first kappa shape index (κ1) is 13.9.